The average Bonchev–Trinajstić information content (AvgIpc) is 3.19. The molecule has 0 aromatic heterocycles. The Morgan fingerprint density at radius 2 is 1.83 bits per heavy atom. The molecule has 0 aliphatic carbocycles. The Morgan fingerprint density at radius 3 is 2.37 bits per heavy atom. The number of hydrogen-bond acceptors (Lipinski definition) is 8. The van der Waals surface area contributed by atoms with Gasteiger partial charge in [-0.05, 0) is 45.6 Å². The fourth-order valence-electron chi connectivity index (χ4n) is 3.19. The maximum absolute atomic E-state index is 12.8. The minimum atomic E-state index is -1.50. The van der Waals surface area contributed by atoms with Crippen molar-refractivity contribution in [1.82, 2.24) is 15.5 Å². The van der Waals surface area contributed by atoms with E-state index in [2.05, 4.69) is 10.6 Å². The van der Waals surface area contributed by atoms with Crippen LogP contribution < -0.4 is 22.1 Å². The minimum absolute atomic E-state index is 0.209. The van der Waals surface area contributed by atoms with Gasteiger partial charge in [-0.3, -0.25) is 14.4 Å². The van der Waals surface area contributed by atoms with E-state index in [0.717, 1.165) is 0 Å². The summed E-state index contributed by atoms with van der Waals surface area (Å²) in [6.45, 7) is 1.27. The first kappa shape index (κ1) is 25.8. The normalized spacial score (nSPS) is 20.2. The number of nitrogens with zero attached hydrogens (tertiary/aromatic N) is 1. The van der Waals surface area contributed by atoms with Crippen LogP contribution in [0.15, 0.2) is 0 Å². The molecule has 172 valence electrons. The van der Waals surface area contributed by atoms with Crippen molar-refractivity contribution in [2.24, 2.45) is 11.5 Å². The van der Waals surface area contributed by atoms with Crippen molar-refractivity contribution in [1.29, 1.82) is 0 Å². The van der Waals surface area contributed by atoms with Crippen molar-refractivity contribution < 1.29 is 34.5 Å². The smallest absolute Gasteiger partial charge is 0.328 e. The number of carbonyl (C=O) groups excluding carboxylic acids is 3. The number of aliphatic hydroxyl groups is 2. The van der Waals surface area contributed by atoms with Crippen molar-refractivity contribution in [3.05, 3.63) is 0 Å². The van der Waals surface area contributed by atoms with Crippen LogP contribution in [0.5, 0.6) is 0 Å². The number of rotatable bonds is 12. The number of hydrogen-bond donors (Lipinski definition) is 7. The summed E-state index contributed by atoms with van der Waals surface area (Å²) in [4.78, 5) is 50.1. The fourth-order valence-corrected chi connectivity index (χ4v) is 3.19. The number of aliphatic hydroxyl groups excluding tert-OH is 2. The molecule has 1 rings (SSSR count). The Morgan fingerprint density at radius 1 is 1.17 bits per heavy atom. The Hall–Kier alpha value is -2.28. The molecule has 5 unspecified atom stereocenters. The Bertz CT molecular complexity index is 616. The molecule has 3 amide bonds. The highest BCUT2D eigenvalue weighted by Gasteiger charge is 2.38. The van der Waals surface area contributed by atoms with E-state index in [9.17, 15) is 24.3 Å². The SMILES string of the molecule is CC(O)C(N)C(=O)N1CCCC1C(=O)NC(CCCCN)C(=O)NC(CO)C(=O)O. The van der Waals surface area contributed by atoms with Crippen molar-refractivity contribution in [2.75, 3.05) is 19.7 Å². The third kappa shape index (κ3) is 7.20. The molecular weight excluding hydrogens is 398 g/mol. The molecule has 0 spiro atoms. The summed E-state index contributed by atoms with van der Waals surface area (Å²) in [5, 5.41) is 32.4. The standard InChI is InChI=1S/C18H33N5O7/c1-10(25)14(20)17(28)23-8-4-6-13(23)16(27)21-11(5-2-3-7-19)15(26)22-12(9-24)18(29)30/h10-14,24-25H,2-9,19-20H2,1H3,(H,21,27)(H,22,26)(H,29,30). The maximum Gasteiger partial charge on any atom is 0.328 e. The molecule has 0 bridgehead atoms. The van der Waals surface area contributed by atoms with Gasteiger partial charge in [0.2, 0.25) is 17.7 Å². The van der Waals surface area contributed by atoms with Gasteiger partial charge in [0.25, 0.3) is 0 Å². The summed E-state index contributed by atoms with van der Waals surface area (Å²) in [6, 6.07) is -4.57. The van der Waals surface area contributed by atoms with Crippen LogP contribution in [0.3, 0.4) is 0 Å². The number of carbonyl (C=O) groups is 4. The fraction of sp³-hybridized carbons (Fsp3) is 0.778. The molecule has 0 saturated carbocycles. The van der Waals surface area contributed by atoms with Gasteiger partial charge in [0.05, 0.1) is 12.7 Å². The summed E-state index contributed by atoms with van der Waals surface area (Å²) < 4.78 is 0. The predicted molar refractivity (Wildman–Crippen MR) is 106 cm³/mol. The Kier molecular flexibility index (Phi) is 10.7. The largest absolute Gasteiger partial charge is 0.480 e. The molecule has 0 radical (unpaired) electrons. The van der Waals surface area contributed by atoms with Gasteiger partial charge in [-0.1, -0.05) is 0 Å². The lowest BCUT2D eigenvalue weighted by atomic mass is 10.1. The first-order valence-corrected chi connectivity index (χ1v) is 10.0. The van der Waals surface area contributed by atoms with Crippen LogP contribution in [-0.2, 0) is 19.2 Å². The number of amides is 3. The quantitative estimate of drug-likeness (QED) is 0.155. The van der Waals surface area contributed by atoms with Gasteiger partial charge < -0.3 is 42.3 Å². The lowest BCUT2D eigenvalue weighted by molar-refractivity contribution is -0.144. The number of unbranched alkanes of at least 4 members (excludes halogenated alkanes) is 1. The van der Waals surface area contributed by atoms with E-state index >= 15 is 0 Å². The number of carboxylic acids is 1. The lowest BCUT2D eigenvalue weighted by Crippen LogP contribution is -2.57. The molecule has 12 nitrogen and oxygen atoms in total. The predicted octanol–water partition coefficient (Wildman–Crippen LogP) is -3.14. The molecule has 5 atom stereocenters. The third-order valence-corrected chi connectivity index (χ3v) is 5.02. The summed E-state index contributed by atoms with van der Waals surface area (Å²) in [7, 11) is 0. The monoisotopic (exact) mass is 431 g/mol. The number of likely N-dealkylation sites (tertiary alicyclic amines) is 1. The second-order valence-electron chi connectivity index (χ2n) is 7.38. The summed E-state index contributed by atoms with van der Waals surface area (Å²) >= 11 is 0. The van der Waals surface area contributed by atoms with Crippen LogP contribution in [0.1, 0.15) is 39.0 Å². The van der Waals surface area contributed by atoms with Crippen LogP contribution in [0.2, 0.25) is 0 Å². The minimum Gasteiger partial charge on any atom is -0.480 e. The van der Waals surface area contributed by atoms with E-state index in [1.54, 1.807) is 0 Å². The lowest BCUT2D eigenvalue weighted by Gasteiger charge is -2.29. The molecule has 1 fully saturated rings. The summed E-state index contributed by atoms with van der Waals surface area (Å²) in [6.07, 6.45) is 1.16. The molecule has 12 heteroatoms. The molecule has 1 aliphatic rings. The zero-order valence-electron chi connectivity index (χ0n) is 17.1. The Balaban J connectivity index is 2.88. The number of nitrogens with one attached hydrogen (secondary N) is 2. The molecule has 1 saturated heterocycles. The first-order valence-electron chi connectivity index (χ1n) is 10.0. The van der Waals surface area contributed by atoms with E-state index in [0.29, 0.717) is 38.8 Å². The van der Waals surface area contributed by atoms with E-state index < -0.39 is 60.6 Å². The molecule has 0 aromatic rings. The highest BCUT2D eigenvalue weighted by Crippen LogP contribution is 2.19. The number of nitrogens with two attached hydrogens (primary N) is 2. The summed E-state index contributed by atoms with van der Waals surface area (Å²) in [5.74, 6) is -3.28. The molecule has 1 aliphatic heterocycles. The van der Waals surface area contributed by atoms with E-state index in [1.807, 2.05) is 0 Å². The Labute approximate surface area is 175 Å². The topological polar surface area (TPSA) is 208 Å². The maximum atomic E-state index is 12.8. The van der Waals surface area contributed by atoms with Crippen molar-refractivity contribution in [2.45, 2.75) is 69.3 Å². The van der Waals surface area contributed by atoms with Gasteiger partial charge in [-0.2, -0.15) is 0 Å². The zero-order valence-corrected chi connectivity index (χ0v) is 17.1. The van der Waals surface area contributed by atoms with Gasteiger partial charge in [0, 0.05) is 6.54 Å². The number of aliphatic carboxylic acids is 1. The second-order valence-corrected chi connectivity index (χ2v) is 7.38. The van der Waals surface area contributed by atoms with Crippen LogP contribution >= 0.6 is 0 Å². The van der Waals surface area contributed by atoms with Crippen molar-refractivity contribution in [3.63, 3.8) is 0 Å². The molecule has 1 heterocycles. The van der Waals surface area contributed by atoms with Crippen LogP contribution in [0.25, 0.3) is 0 Å². The molecular formula is C18H33N5O7. The molecule has 30 heavy (non-hydrogen) atoms. The van der Waals surface area contributed by atoms with Gasteiger partial charge in [-0.25, -0.2) is 4.79 Å². The van der Waals surface area contributed by atoms with Gasteiger partial charge in [0.15, 0.2) is 0 Å². The van der Waals surface area contributed by atoms with Crippen LogP contribution in [0.4, 0.5) is 0 Å². The van der Waals surface area contributed by atoms with Crippen LogP contribution in [-0.4, -0.2) is 93.9 Å². The van der Waals surface area contributed by atoms with Crippen LogP contribution in [0, 0.1) is 0 Å². The second kappa shape index (κ2) is 12.4. The van der Waals surface area contributed by atoms with Gasteiger partial charge in [0.1, 0.15) is 24.2 Å². The molecule has 9 N–H and O–H groups in total. The van der Waals surface area contributed by atoms with E-state index in [1.165, 1.54) is 11.8 Å². The molecule has 0 aromatic carbocycles. The number of carboxylic acid groups (broad SMARTS) is 1. The highest BCUT2D eigenvalue weighted by atomic mass is 16.4. The first-order chi connectivity index (χ1) is 14.1. The van der Waals surface area contributed by atoms with Crippen molar-refractivity contribution in [3.8, 4) is 0 Å². The van der Waals surface area contributed by atoms with Gasteiger partial charge >= 0.3 is 5.97 Å². The third-order valence-electron chi connectivity index (χ3n) is 5.02. The average molecular weight is 431 g/mol. The van der Waals surface area contributed by atoms with Gasteiger partial charge in [-0.15, -0.1) is 0 Å². The van der Waals surface area contributed by atoms with Crippen molar-refractivity contribution >= 4 is 23.7 Å². The summed E-state index contributed by atoms with van der Waals surface area (Å²) in [5.41, 5.74) is 11.2. The van der Waals surface area contributed by atoms with E-state index in [-0.39, 0.29) is 6.42 Å². The zero-order chi connectivity index (χ0) is 22.8. The van der Waals surface area contributed by atoms with E-state index in [4.69, 9.17) is 21.7 Å². The highest BCUT2D eigenvalue weighted by molar-refractivity contribution is 5.94.